The number of nitrogens with two attached hydrogens (primary N) is 1. The summed E-state index contributed by atoms with van der Waals surface area (Å²) in [5.41, 5.74) is 5.53. The van der Waals surface area contributed by atoms with Crippen LogP contribution in [0, 0.1) is 11.8 Å². The van der Waals surface area contributed by atoms with Crippen LogP contribution < -0.4 is 11.1 Å². The Bertz CT molecular complexity index is 286. The summed E-state index contributed by atoms with van der Waals surface area (Å²) in [6.45, 7) is 6.44. The molecule has 104 valence electrons. The monoisotopic (exact) mass is 255 g/mol. The minimum Gasteiger partial charge on any atom is -0.356 e. The van der Waals surface area contributed by atoms with E-state index in [9.17, 15) is 9.59 Å². The van der Waals surface area contributed by atoms with Gasteiger partial charge in [0.15, 0.2) is 0 Å². The van der Waals surface area contributed by atoms with Crippen LogP contribution in [0.25, 0.3) is 0 Å². The number of carbonyl (C=O) groups excluding carboxylic acids is 2. The second-order valence-electron chi connectivity index (χ2n) is 5.31. The zero-order chi connectivity index (χ0) is 13.5. The molecular formula is C13H25N3O2. The third-order valence-electron chi connectivity index (χ3n) is 3.53. The van der Waals surface area contributed by atoms with E-state index in [0.29, 0.717) is 18.9 Å². The van der Waals surface area contributed by atoms with Crippen LogP contribution in [-0.2, 0) is 9.59 Å². The molecule has 0 aromatic heterocycles. The Labute approximate surface area is 109 Å². The summed E-state index contributed by atoms with van der Waals surface area (Å²) in [5.74, 6) is 0.996. The average Bonchev–Trinajstić information content (AvgIpc) is 2.36. The maximum absolute atomic E-state index is 11.9. The van der Waals surface area contributed by atoms with Crippen molar-refractivity contribution in [3.05, 3.63) is 0 Å². The predicted molar refractivity (Wildman–Crippen MR) is 70.8 cm³/mol. The van der Waals surface area contributed by atoms with Crippen LogP contribution >= 0.6 is 0 Å². The van der Waals surface area contributed by atoms with Gasteiger partial charge in [-0.15, -0.1) is 0 Å². The number of hydrogen-bond donors (Lipinski definition) is 2. The summed E-state index contributed by atoms with van der Waals surface area (Å²) < 4.78 is 0. The Hall–Kier alpha value is -1.10. The number of nitrogens with one attached hydrogen (secondary N) is 1. The Morgan fingerprint density at radius 1 is 1.39 bits per heavy atom. The molecule has 3 N–H and O–H groups in total. The van der Waals surface area contributed by atoms with Gasteiger partial charge in [-0.1, -0.05) is 6.92 Å². The number of nitrogens with zero attached hydrogens (tertiary/aromatic N) is 1. The number of likely N-dealkylation sites (tertiary alicyclic amines) is 1. The first-order valence-corrected chi connectivity index (χ1v) is 6.75. The highest BCUT2D eigenvalue weighted by atomic mass is 16.2. The minimum absolute atomic E-state index is 0.0188. The standard InChI is InChI=1S/C13H25N3O2/c1-10(8-14)7-13(18)16-5-3-12(4-6-16)9-15-11(2)17/h10,12H,3-9,14H2,1-2H3,(H,15,17). The van der Waals surface area contributed by atoms with Gasteiger partial charge in [0.25, 0.3) is 0 Å². The van der Waals surface area contributed by atoms with Gasteiger partial charge >= 0.3 is 0 Å². The zero-order valence-electron chi connectivity index (χ0n) is 11.4. The molecule has 1 fully saturated rings. The molecule has 1 aliphatic rings. The van der Waals surface area contributed by atoms with Gasteiger partial charge in [0.05, 0.1) is 0 Å². The molecule has 5 heteroatoms. The zero-order valence-corrected chi connectivity index (χ0v) is 11.4. The molecule has 0 bridgehead atoms. The summed E-state index contributed by atoms with van der Waals surface area (Å²) in [6, 6.07) is 0. The van der Waals surface area contributed by atoms with Crippen LogP contribution in [-0.4, -0.2) is 42.9 Å². The van der Waals surface area contributed by atoms with E-state index in [1.807, 2.05) is 11.8 Å². The Kier molecular flexibility index (Phi) is 6.12. The Balaban J connectivity index is 2.26. The molecule has 1 atom stereocenters. The predicted octanol–water partition coefficient (Wildman–Crippen LogP) is 0.346. The van der Waals surface area contributed by atoms with E-state index in [0.717, 1.165) is 32.5 Å². The second-order valence-corrected chi connectivity index (χ2v) is 5.31. The van der Waals surface area contributed by atoms with Crippen molar-refractivity contribution in [2.24, 2.45) is 17.6 Å². The van der Waals surface area contributed by atoms with Crippen molar-refractivity contribution in [1.82, 2.24) is 10.2 Å². The molecule has 0 aromatic carbocycles. The lowest BCUT2D eigenvalue weighted by Gasteiger charge is -2.32. The molecule has 1 unspecified atom stereocenters. The summed E-state index contributed by atoms with van der Waals surface area (Å²) in [4.78, 5) is 24.7. The van der Waals surface area contributed by atoms with Gasteiger partial charge in [-0.25, -0.2) is 0 Å². The molecule has 18 heavy (non-hydrogen) atoms. The first-order valence-electron chi connectivity index (χ1n) is 6.75. The van der Waals surface area contributed by atoms with Crippen molar-refractivity contribution in [3.63, 3.8) is 0 Å². The molecule has 1 saturated heterocycles. The van der Waals surface area contributed by atoms with E-state index >= 15 is 0 Å². The van der Waals surface area contributed by atoms with E-state index < -0.39 is 0 Å². The fraction of sp³-hybridized carbons (Fsp3) is 0.846. The summed E-state index contributed by atoms with van der Waals surface area (Å²) in [7, 11) is 0. The van der Waals surface area contributed by atoms with Crippen molar-refractivity contribution < 1.29 is 9.59 Å². The topological polar surface area (TPSA) is 75.4 Å². The highest BCUT2D eigenvalue weighted by Crippen LogP contribution is 2.18. The number of hydrogen-bond acceptors (Lipinski definition) is 3. The molecule has 0 radical (unpaired) electrons. The first-order chi connectivity index (χ1) is 8.52. The van der Waals surface area contributed by atoms with E-state index in [1.165, 1.54) is 6.92 Å². The van der Waals surface area contributed by atoms with Gasteiger partial charge in [0.1, 0.15) is 0 Å². The summed E-state index contributed by atoms with van der Waals surface area (Å²) in [5, 5.41) is 2.84. The Morgan fingerprint density at radius 3 is 2.50 bits per heavy atom. The van der Waals surface area contributed by atoms with E-state index in [2.05, 4.69) is 5.32 Å². The van der Waals surface area contributed by atoms with Gasteiger partial charge in [0, 0.05) is 33.0 Å². The third-order valence-corrected chi connectivity index (χ3v) is 3.53. The molecule has 0 aromatic rings. The first kappa shape index (κ1) is 15.0. The maximum atomic E-state index is 11.9. The fourth-order valence-electron chi connectivity index (χ4n) is 2.19. The molecule has 1 aliphatic heterocycles. The van der Waals surface area contributed by atoms with Crippen molar-refractivity contribution >= 4 is 11.8 Å². The fourth-order valence-corrected chi connectivity index (χ4v) is 2.19. The van der Waals surface area contributed by atoms with Gasteiger partial charge in [-0.05, 0) is 31.2 Å². The molecule has 5 nitrogen and oxygen atoms in total. The lowest BCUT2D eigenvalue weighted by atomic mass is 9.96. The van der Waals surface area contributed by atoms with Crippen LogP contribution in [0.5, 0.6) is 0 Å². The van der Waals surface area contributed by atoms with Gasteiger partial charge in [-0.3, -0.25) is 9.59 Å². The van der Waals surface area contributed by atoms with E-state index in [-0.39, 0.29) is 17.7 Å². The number of amides is 2. The summed E-state index contributed by atoms with van der Waals surface area (Å²) >= 11 is 0. The number of rotatable bonds is 5. The van der Waals surface area contributed by atoms with Crippen LogP contribution in [0.4, 0.5) is 0 Å². The van der Waals surface area contributed by atoms with Crippen molar-refractivity contribution in [3.8, 4) is 0 Å². The van der Waals surface area contributed by atoms with Crippen molar-refractivity contribution in [2.45, 2.75) is 33.1 Å². The SMILES string of the molecule is CC(=O)NCC1CCN(C(=O)CC(C)CN)CC1. The largest absolute Gasteiger partial charge is 0.356 e. The van der Waals surface area contributed by atoms with Crippen LogP contribution in [0.1, 0.15) is 33.1 Å². The smallest absolute Gasteiger partial charge is 0.222 e. The normalized spacial score (nSPS) is 18.5. The molecule has 1 heterocycles. The molecule has 0 aliphatic carbocycles. The van der Waals surface area contributed by atoms with Crippen LogP contribution in [0.2, 0.25) is 0 Å². The van der Waals surface area contributed by atoms with Crippen LogP contribution in [0.15, 0.2) is 0 Å². The van der Waals surface area contributed by atoms with Gasteiger partial charge < -0.3 is 16.0 Å². The average molecular weight is 255 g/mol. The highest BCUT2D eigenvalue weighted by Gasteiger charge is 2.23. The molecule has 0 spiro atoms. The van der Waals surface area contributed by atoms with E-state index in [1.54, 1.807) is 0 Å². The molecule has 0 saturated carbocycles. The van der Waals surface area contributed by atoms with Gasteiger partial charge in [0.2, 0.25) is 11.8 Å². The number of carbonyl (C=O) groups is 2. The summed E-state index contributed by atoms with van der Waals surface area (Å²) in [6.07, 6.45) is 2.50. The highest BCUT2D eigenvalue weighted by molar-refractivity contribution is 5.76. The quantitative estimate of drug-likeness (QED) is 0.744. The second kappa shape index (κ2) is 7.36. The maximum Gasteiger partial charge on any atom is 0.222 e. The lowest BCUT2D eigenvalue weighted by molar-refractivity contribution is -0.133. The van der Waals surface area contributed by atoms with Crippen molar-refractivity contribution in [2.75, 3.05) is 26.2 Å². The third kappa shape index (κ3) is 5.04. The minimum atomic E-state index is 0.0188. The van der Waals surface area contributed by atoms with E-state index in [4.69, 9.17) is 5.73 Å². The number of piperidine rings is 1. The molecule has 1 rings (SSSR count). The van der Waals surface area contributed by atoms with Crippen molar-refractivity contribution in [1.29, 1.82) is 0 Å². The molecular weight excluding hydrogens is 230 g/mol. The molecule has 2 amide bonds. The lowest BCUT2D eigenvalue weighted by Crippen LogP contribution is -2.42. The Morgan fingerprint density at radius 2 is 2.00 bits per heavy atom. The van der Waals surface area contributed by atoms with Gasteiger partial charge in [-0.2, -0.15) is 0 Å². The van der Waals surface area contributed by atoms with Crippen LogP contribution in [0.3, 0.4) is 0 Å².